The van der Waals surface area contributed by atoms with Gasteiger partial charge in [-0.1, -0.05) is 11.6 Å². The van der Waals surface area contributed by atoms with Crippen molar-refractivity contribution in [2.24, 2.45) is 0 Å². The zero-order chi connectivity index (χ0) is 18.1. The maximum absolute atomic E-state index is 12.7. The number of hydrogen-bond acceptors (Lipinski definition) is 5. The van der Waals surface area contributed by atoms with Crippen molar-refractivity contribution >= 4 is 34.5 Å². The lowest BCUT2D eigenvalue weighted by Gasteiger charge is -2.33. The van der Waals surface area contributed by atoms with Crippen LogP contribution in [0.4, 0.5) is 5.69 Å². The predicted molar refractivity (Wildman–Crippen MR) is 103 cm³/mol. The zero-order valence-electron chi connectivity index (χ0n) is 14.2. The van der Waals surface area contributed by atoms with Crippen molar-refractivity contribution in [3.63, 3.8) is 0 Å². The third-order valence-electron chi connectivity index (χ3n) is 4.65. The van der Waals surface area contributed by atoms with E-state index in [0.29, 0.717) is 17.3 Å². The summed E-state index contributed by atoms with van der Waals surface area (Å²) in [6.07, 6.45) is 4.03. The Labute approximate surface area is 160 Å². The van der Waals surface area contributed by atoms with Crippen LogP contribution in [0.1, 0.15) is 23.4 Å². The third kappa shape index (κ3) is 3.38. The highest BCUT2D eigenvalue weighted by atomic mass is 35.5. The second-order valence-electron chi connectivity index (χ2n) is 6.25. The maximum Gasteiger partial charge on any atom is 0.238 e. The van der Waals surface area contributed by atoms with Crippen LogP contribution in [0.25, 0.3) is 5.69 Å². The minimum Gasteiger partial charge on any atom is -0.323 e. The van der Waals surface area contributed by atoms with Gasteiger partial charge in [-0.05, 0) is 48.6 Å². The van der Waals surface area contributed by atoms with Gasteiger partial charge in [0, 0.05) is 22.5 Å². The van der Waals surface area contributed by atoms with Gasteiger partial charge in [-0.25, -0.2) is 9.67 Å². The van der Waals surface area contributed by atoms with Crippen LogP contribution < -0.4 is 5.32 Å². The number of hydrogen-bond donors (Lipinski definition) is 1. The Bertz CT molecular complexity index is 924. The summed E-state index contributed by atoms with van der Waals surface area (Å²) >= 11 is 7.91. The van der Waals surface area contributed by atoms with Crippen molar-refractivity contribution in [1.29, 1.82) is 0 Å². The number of nitrogens with zero attached hydrogens (tertiary/aromatic N) is 4. The highest BCUT2D eigenvalue weighted by molar-refractivity contribution is 7.10. The van der Waals surface area contributed by atoms with Crippen molar-refractivity contribution in [2.75, 3.05) is 18.4 Å². The number of rotatable bonds is 4. The van der Waals surface area contributed by atoms with Crippen LogP contribution in [0.15, 0.2) is 42.3 Å². The van der Waals surface area contributed by atoms with Crippen molar-refractivity contribution in [3.05, 3.63) is 57.8 Å². The molecule has 26 heavy (non-hydrogen) atoms. The minimum absolute atomic E-state index is 0.0702. The standard InChI is InChI=1S/C18H18ClN5OS/c1-12-14-5-7-26-17(14)4-6-23(12)9-18(25)22-15-8-13(19)2-3-16(15)24-11-20-10-21-24/h2-3,5,7-8,10-12H,4,6,9H2,1H3,(H,22,25)/t12-/m0/s1. The summed E-state index contributed by atoms with van der Waals surface area (Å²) in [4.78, 5) is 20.3. The van der Waals surface area contributed by atoms with Gasteiger partial charge < -0.3 is 5.32 Å². The first kappa shape index (κ1) is 17.2. The Morgan fingerprint density at radius 3 is 3.12 bits per heavy atom. The van der Waals surface area contributed by atoms with Crippen LogP contribution in [0, 0.1) is 0 Å². The summed E-state index contributed by atoms with van der Waals surface area (Å²) in [5.74, 6) is -0.0702. The molecule has 0 unspecified atom stereocenters. The third-order valence-corrected chi connectivity index (χ3v) is 5.88. The van der Waals surface area contributed by atoms with Crippen LogP contribution in [-0.2, 0) is 11.2 Å². The number of thiophene rings is 1. The van der Waals surface area contributed by atoms with E-state index < -0.39 is 0 Å². The highest BCUT2D eigenvalue weighted by Gasteiger charge is 2.26. The summed E-state index contributed by atoms with van der Waals surface area (Å²) in [7, 11) is 0. The number of carbonyl (C=O) groups excluding carboxylic acids is 1. The van der Waals surface area contributed by atoms with E-state index in [4.69, 9.17) is 11.6 Å². The van der Waals surface area contributed by atoms with Gasteiger partial charge in [-0.15, -0.1) is 11.3 Å². The summed E-state index contributed by atoms with van der Waals surface area (Å²) in [6, 6.07) is 7.71. The molecule has 134 valence electrons. The molecule has 2 aromatic heterocycles. The van der Waals surface area contributed by atoms with Crippen LogP contribution in [-0.4, -0.2) is 38.7 Å². The van der Waals surface area contributed by atoms with Crippen LogP contribution >= 0.6 is 22.9 Å². The van der Waals surface area contributed by atoms with E-state index in [9.17, 15) is 4.79 Å². The van der Waals surface area contributed by atoms with Gasteiger partial charge in [-0.2, -0.15) is 5.10 Å². The molecule has 0 aliphatic carbocycles. The molecular formula is C18H18ClN5OS. The first-order valence-electron chi connectivity index (χ1n) is 8.36. The monoisotopic (exact) mass is 387 g/mol. The number of aromatic nitrogens is 3. The number of halogens is 1. The summed E-state index contributed by atoms with van der Waals surface area (Å²) < 4.78 is 1.60. The normalized spacial score (nSPS) is 17.1. The molecule has 4 rings (SSSR count). The molecule has 0 saturated heterocycles. The lowest BCUT2D eigenvalue weighted by molar-refractivity contribution is -0.117. The smallest absolute Gasteiger partial charge is 0.238 e. The SMILES string of the molecule is C[C@H]1c2ccsc2CCN1CC(=O)Nc1cc(Cl)ccc1-n1cncn1. The molecule has 3 heterocycles. The van der Waals surface area contributed by atoms with Crippen LogP contribution in [0.3, 0.4) is 0 Å². The van der Waals surface area contributed by atoms with Gasteiger partial charge in [-0.3, -0.25) is 9.69 Å². The molecule has 1 atom stereocenters. The van der Waals surface area contributed by atoms with Crippen molar-refractivity contribution in [3.8, 4) is 5.69 Å². The molecule has 1 aliphatic rings. The number of anilines is 1. The minimum atomic E-state index is -0.0702. The maximum atomic E-state index is 12.7. The first-order valence-corrected chi connectivity index (χ1v) is 9.62. The van der Waals surface area contributed by atoms with E-state index in [1.807, 2.05) is 6.07 Å². The van der Waals surface area contributed by atoms with Gasteiger partial charge in [0.2, 0.25) is 5.91 Å². The molecule has 0 spiro atoms. The summed E-state index contributed by atoms with van der Waals surface area (Å²) in [6.45, 7) is 3.37. The van der Waals surface area contributed by atoms with E-state index in [-0.39, 0.29) is 11.9 Å². The van der Waals surface area contributed by atoms with Crippen molar-refractivity contribution in [2.45, 2.75) is 19.4 Å². The zero-order valence-corrected chi connectivity index (χ0v) is 15.8. The fourth-order valence-corrected chi connectivity index (χ4v) is 4.43. The Kier molecular flexibility index (Phi) is 4.76. The van der Waals surface area contributed by atoms with Crippen molar-refractivity contribution in [1.82, 2.24) is 19.7 Å². The topological polar surface area (TPSA) is 63.1 Å². The molecule has 1 aliphatic heterocycles. The average Bonchev–Trinajstić information content (AvgIpc) is 3.29. The average molecular weight is 388 g/mol. The van der Waals surface area contributed by atoms with E-state index in [1.165, 1.54) is 16.8 Å². The molecule has 1 aromatic carbocycles. The number of fused-ring (bicyclic) bond motifs is 1. The van der Waals surface area contributed by atoms with E-state index in [0.717, 1.165) is 18.7 Å². The van der Waals surface area contributed by atoms with Gasteiger partial charge >= 0.3 is 0 Å². The second kappa shape index (κ2) is 7.19. The quantitative estimate of drug-likeness (QED) is 0.743. The van der Waals surface area contributed by atoms with Gasteiger partial charge in [0.25, 0.3) is 0 Å². The molecule has 0 saturated carbocycles. The molecule has 0 bridgehead atoms. The van der Waals surface area contributed by atoms with Crippen molar-refractivity contribution < 1.29 is 4.79 Å². The van der Waals surface area contributed by atoms with Gasteiger partial charge in [0.05, 0.1) is 17.9 Å². The molecule has 3 aromatic rings. The molecular weight excluding hydrogens is 370 g/mol. The lowest BCUT2D eigenvalue weighted by atomic mass is 10.0. The Morgan fingerprint density at radius 2 is 2.31 bits per heavy atom. The van der Waals surface area contributed by atoms with E-state index >= 15 is 0 Å². The summed E-state index contributed by atoms with van der Waals surface area (Å²) in [5.41, 5.74) is 2.68. The Balaban J connectivity index is 1.50. The highest BCUT2D eigenvalue weighted by Crippen LogP contribution is 2.32. The predicted octanol–water partition coefficient (Wildman–Crippen LogP) is 3.54. The number of nitrogens with one attached hydrogen (secondary N) is 1. The Morgan fingerprint density at radius 1 is 1.42 bits per heavy atom. The van der Waals surface area contributed by atoms with E-state index in [1.54, 1.807) is 34.5 Å². The number of carbonyl (C=O) groups is 1. The van der Waals surface area contributed by atoms with Gasteiger partial charge in [0.15, 0.2) is 0 Å². The number of amides is 1. The Hall–Kier alpha value is -2.22. The number of benzene rings is 1. The first-order chi connectivity index (χ1) is 12.6. The van der Waals surface area contributed by atoms with E-state index in [2.05, 4.69) is 38.7 Å². The molecule has 0 radical (unpaired) electrons. The summed E-state index contributed by atoms with van der Waals surface area (Å²) in [5, 5.41) is 9.79. The molecule has 0 fully saturated rings. The fraction of sp³-hybridized carbons (Fsp3) is 0.278. The van der Waals surface area contributed by atoms with Crippen LogP contribution in [0.2, 0.25) is 5.02 Å². The molecule has 8 heteroatoms. The second-order valence-corrected chi connectivity index (χ2v) is 7.68. The largest absolute Gasteiger partial charge is 0.323 e. The van der Waals surface area contributed by atoms with Crippen LogP contribution in [0.5, 0.6) is 0 Å². The lowest BCUT2D eigenvalue weighted by Crippen LogP contribution is -2.39. The van der Waals surface area contributed by atoms with Gasteiger partial charge in [0.1, 0.15) is 12.7 Å². The molecule has 1 amide bonds. The fourth-order valence-electron chi connectivity index (χ4n) is 3.29. The molecule has 6 nitrogen and oxygen atoms in total. The molecule has 1 N–H and O–H groups in total.